The van der Waals surface area contributed by atoms with Crippen molar-refractivity contribution < 1.29 is 0 Å². The summed E-state index contributed by atoms with van der Waals surface area (Å²) in [6.07, 6.45) is 2.40. The Balaban J connectivity index is 2.28. The predicted octanol–water partition coefficient (Wildman–Crippen LogP) is 2.28. The van der Waals surface area contributed by atoms with Crippen LogP contribution in [-0.4, -0.2) is 23.1 Å². The standard InChI is InChI=1S/C13H18N4/c1-10-7-11(8-14)16-12(15-10)17-6-4-5-13(2,3)9-17/h7H,4-6,9H2,1-3H3. The minimum Gasteiger partial charge on any atom is -0.340 e. The Morgan fingerprint density at radius 1 is 1.41 bits per heavy atom. The first-order valence-corrected chi connectivity index (χ1v) is 6.01. The average molecular weight is 230 g/mol. The second-order valence-electron chi connectivity index (χ2n) is 5.50. The van der Waals surface area contributed by atoms with E-state index in [4.69, 9.17) is 5.26 Å². The maximum absolute atomic E-state index is 8.93. The van der Waals surface area contributed by atoms with Crippen LogP contribution in [0.5, 0.6) is 0 Å². The number of aromatic nitrogens is 2. The van der Waals surface area contributed by atoms with Gasteiger partial charge in [-0.15, -0.1) is 0 Å². The minimum atomic E-state index is 0.304. The second-order valence-corrected chi connectivity index (χ2v) is 5.50. The van der Waals surface area contributed by atoms with Crippen LogP contribution in [0, 0.1) is 23.7 Å². The van der Waals surface area contributed by atoms with Crippen LogP contribution in [-0.2, 0) is 0 Å². The van der Waals surface area contributed by atoms with E-state index in [9.17, 15) is 0 Å². The van der Waals surface area contributed by atoms with E-state index in [1.165, 1.54) is 6.42 Å². The summed E-state index contributed by atoms with van der Waals surface area (Å²) >= 11 is 0. The van der Waals surface area contributed by atoms with Gasteiger partial charge in [-0.3, -0.25) is 0 Å². The summed E-state index contributed by atoms with van der Waals surface area (Å²) in [5.74, 6) is 0.703. The van der Waals surface area contributed by atoms with Gasteiger partial charge in [-0.1, -0.05) is 13.8 Å². The van der Waals surface area contributed by atoms with Gasteiger partial charge >= 0.3 is 0 Å². The number of anilines is 1. The van der Waals surface area contributed by atoms with Crippen LogP contribution in [0.3, 0.4) is 0 Å². The van der Waals surface area contributed by atoms with Crippen molar-refractivity contribution >= 4 is 5.95 Å². The van der Waals surface area contributed by atoms with E-state index in [1.54, 1.807) is 6.07 Å². The summed E-state index contributed by atoms with van der Waals surface area (Å²) in [4.78, 5) is 10.9. The number of hydrogen-bond donors (Lipinski definition) is 0. The van der Waals surface area contributed by atoms with Crippen molar-refractivity contribution in [3.63, 3.8) is 0 Å². The molecule has 0 aliphatic carbocycles. The molecular formula is C13H18N4. The molecule has 90 valence electrons. The third-order valence-electron chi connectivity index (χ3n) is 3.14. The number of nitriles is 1. The van der Waals surface area contributed by atoms with Gasteiger partial charge < -0.3 is 4.90 Å². The molecule has 0 atom stereocenters. The molecule has 1 fully saturated rings. The minimum absolute atomic E-state index is 0.304. The fraction of sp³-hybridized carbons (Fsp3) is 0.615. The highest BCUT2D eigenvalue weighted by atomic mass is 15.3. The third kappa shape index (κ3) is 2.73. The van der Waals surface area contributed by atoms with Gasteiger partial charge in [-0.25, -0.2) is 9.97 Å². The van der Waals surface area contributed by atoms with Crippen LogP contribution < -0.4 is 4.90 Å². The Bertz CT molecular complexity index is 459. The molecule has 0 radical (unpaired) electrons. The van der Waals surface area contributed by atoms with E-state index in [-0.39, 0.29) is 0 Å². The molecule has 4 heteroatoms. The van der Waals surface area contributed by atoms with Gasteiger partial charge in [0.05, 0.1) is 0 Å². The molecule has 2 rings (SSSR count). The quantitative estimate of drug-likeness (QED) is 0.742. The zero-order valence-corrected chi connectivity index (χ0v) is 10.7. The zero-order valence-electron chi connectivity index (χ0n) is 10.7. The molecule has 1 aliphatic heterocycles. The first kappa shape index (κ1) is 11.8. The van der Waals surface area contributed by atoms with E-state index >= 15 is 0 Å². The Kier molecular flexibility index (Phi) is 3.01. The van der Waals surface area contributed by atoms with E-state index in [1.807, 2.05) is 6.92 Å². The fourth-order valence-corrected chi connectivity index (χ4v) is 2.35. The Hall–Kier alpha value is -1.63. The normalized spacial score (nSPS) is 18.8. The molecule has 0 saturated carbocycles. The topological polar surface area (TPSA) is 52.8 Å². The molecular weight excluding hydrogens is 212 g/mol. The second kappa shape index (κ2) is 4.33. The maximum Gasteiger partial charge on any atom is 0.226 e. The number of rotatable bonds is 1. The average Bonchev–Trinajstić information content (AvgIpc) is 2.27. The van der Waals surface area contributed by atoms with Crippen molar-refractivity contribution in [2.24, 2.45) is 5.41 Å². The zero-order chi connectivity index (χ0) is 12.5. The first-order chi connectivity index (χ1) is 8.00. The molecule has 1 saturated heterocycles. The van der Waals surface area contributed by atoms with E-state index in [2.05, 4.69) is 34.8 Å². The molecule has 2 heterocycles. The summed E-state index contributed by atoms with van der Waals surface area (Å²) in [6.45, 7) is 8.38. The lowest BCUT2D eigenvalue weighted by Crippen LogP contribution is -2.41. The van der Waals surface area contributed by atoms with Crippen LogP contribution in [0.25, 0.3) is 0 Å². The van der Waals surface area contributed by atoms with Gasteiger partial charge in [-0.2, -0.15) is 5.26 Å². The number of aryl methyl sites for hydroxylation is 1. The lowest BCUT2D eigenvalue weighted by atomic mass is 9.84. The lowest BCUT2D eigenvalue weighted by Gasteiger charge is -2.38. The highest BCUT2D eigenvalue weighted by molar-refractivity contribution is 5.36. The summed E-state index contributed by atoms with van der Waals surface area (Å²) < 4.78 is 0. The van der Waals surface area contributed by atoms with Crippen LogP contribution in [0.15, 0.2) is 6.07 Å². The van der Waals surface area contributed by atoms with Crippen molar-refractivity contribution in [1.29, 1.82) is 5.26 Å². The fourth-order valence-electron chi connectivity index (χ4n) is 2.35. The van der Waals surface area contributed by atoms with Crippen molar-refractivity contribution in [3.05, 3.63) is 17.5 Å². The van der Waals surface area contributed by atoms with Gasteiger partial charge in [0.15, 0.2) is 0 Å². The Morgan fingerprint density at radius 2 is 2.18 bits per heavy atom. The molecule has 0 unspecified atom stereocenters. The van der Waals surface area contributed by atoms with Gasteiger partial charge in [0.2, 0.25) is 5.95 Å². The summed E-state index contributed by atoms with van der Waals surface area (Å²) in [6, 6.07) is 3.81. The van der Waals surface area contributed by atoms with E-state index in [0.717, 1.165) is 25.2 Å². The lowest BCUT2D eigenvalue weighted by molar-refractivity contribution is 0.291. The maximum atomic E-state index is 8.93. The summed E-state index contributed by atoms with van der Waals surface area (Å²) in [7, 11) is 0. The first-order valence-electron chi connectivity index (χ1n) is 6.01. The highest BCUT2D eigenvalue weighted by Gasteiger charge is 2.27. The largest absolute Gasteiger partial charge is 0.340 e. The molecule has 0 aromatic carbocycles. The highest BCUT2D eigenvalue weighted by Crippen LogP contribution is 2.30. The van der Waals surface area contributed by atoms with Gasteiger partial charge in [-0.05, 0) is 31.2 Å². The van der Waals surface area contributed by atoms with Crippen molar-refractivity contribution in [1.82, 2.24) is 9.97 Å². The molecule has 17 heavy (non-hydrogen) atoms. The Labute approximate surface area is 102 Å². The molecule has 4 nitrogen and oxygen atoms in total. The van der Waals surface area contributed by atoms with Crippen LogP contribution in [0.1, 0.15) is 38.1 Å². The van der Waals surface area contributed by atoms with Gasteiger partial charge in [0, 0.05) is 18.8 Å². The Morgan fingerprint density at radius 3 is 2.82 bits per heavy atom. The van der Waals surface area contributed by atoms with Crippen LogP contribution in [0.2, 0.25) is 0 Å². The summed E-state index contributed by atoms with van der Waals surface area (Å²) in [5, 5.41) is 8.93. The van der Waals surface area contributed by atoms with Crippen LogP contribution in [0.4, 0.5) is 5.95 Å². The molecule has 1 aromatic heterocycles. The smallest absolute Gasteiger partial charge is 0.226 e. The SMILES string of the molecule is Cc1cc(C#N)nc(N2CCCC(C)(C)C2)n1. The molecule has 1 aromatic rings. The van der Waals surface area contributed by atoms with Gasteiger partial charge in [0.1, 0.15) is 11.8 Å². The molecule has 1 aliphatic rings. The third-order valence-corrected chi connectivity index (χ3v) is 3.14. The number of piperidine rings is 1. The molecule has 0 amide bonds. The van der Waals surface area contributed by atoms with E-state index in [0.29, 0.717) is 17.1 Å². The van der Waals surface area contributed by atoms with Crippen molar-refractivity contribution in [2.75, 3.05) is 18.0 Å². The molecule has 0 bridgehead atoms. The van der Waals surface area contributed by atoms with Gasteiger partial charge in [0.25, 0.3) is 0 Å². The van der Waals surface area contributed by atoms with E-state index < -0.39 is 0 Å². The number of nitrogens with zero attached hydrogens (tertiary/aromatic N) is 4. The monoisotopic (exact) mass is 230 g/mol. The summed E-state index contributed by atoms with van der Waals surface area (Å²) in [5.41, 5.74) is 1.61. The number of hydrogen-bond acceptors (Lipinski definition) is 4. The molecule has 0 spiro atoms. The predicted molar refractivity (Wildman–Crippen MR) is 66.7 cm³/mol. The van der Waals surface area contributed by atoms with Crippen LogP contribution >= 0.6 is 0 Å². The van der Waals surface area contributed by atoms with Crippen molar-refractivity contribution in [2.45, 2.75) is 33.6 Å². The molecule has 0 N–H and O–H groups in total. The van der Waals surface area contributed by atoms with Crippen molar-refractivity contribution in [3.8, 4) is 6.07 Å².